The summed E-state index contributed by atoms with van der Waals surface area (Å²) < 4.78 is 0. The minimum absolute atomic E-state index is 0.247. The molecule has 21 heavy (non-hydrogen) atoms. The molecule has 0 bridgehead atoms. The maximum Gasteiger partial charge on any atom is 0.223 e. The molecule has 116 valence electrons. The van der Waals surface area contributed by atoms with Crippen molar-refractivity contribution in [1.82, 2.24) is 15.6 Å². The zero-order valence-electron chi connectivity index (χ0n) is 13.0. The van der Waals surface area contributed by atoms with Crippen LogP contribution in [0, 0.1) is 11.8 Å². The van der Waals surface area contributed by atoms with E-state index in [0.29, 0.717) is 5.92 Å². The van der Waals surface area contributed by atoms with Crippen molar-refractivity contribution in [1.29, 1.82) is 0 Å². The Hall–Kier alpha value is -1.42. The van der Waals surface area contributed by atoms with Crippen LogP contribution in [0.3, 0.4) is 0 Å². The van der Waals surface area contributed by atoms with Gasteiger partial charge in [0.2, 0.25) is 5.91 Å². The maximum atomic E-state index is 12.1. The first-order chi connectivity index (χ1) is 10.3. The largest absolute Gasteiger partial charge is 0.356 e. The Morgan fingerprint density at radius 2 is 2.29 bits per heavy atom. The van der Waals surface area contributed by atoms with Gasteiger partial charge in [0.1, 0.15) is 0 Å². The molecule has 1 heterocycles. The average Bonchev–Trinajstić information content (AvgIpc) is 2.51. The van der Waals surface area contributed by atoms with Crippen LogP contribution in [0.5, 0.6) is 0 Å². The third-order valence-electron chi connectivity index (χ3n) is 4.19. The Kier molecular flexibility index (Phi) is 6.67. The van der Waals surface area contributed by atoms with Gasteiger partial charge in [0.25, 0.3) is 0 Å². The van der Waals surface area contributed by atoms with Gasteiger partial charge in [0.05, 0.1) is 0 Å². The van der Waals surface area contributed by atoms with Crippen molar-refractivity contribution < 1.29 is 4.79 Å². The number of pyridine rings is 1. The lowest BCUT2D eigenvalue weighted by Gasteiger charge is -2.25. The Morgan fingerprint density at radius 3 is 3.05 bits per heavy atom. The van der Waals surface area contributed by atoms with Crippen LogP contribution in [0.25, 0.3) is 0 Å². The number of hydrogen-bond donors (Lipinski definition) is 2. The molecule has 0 radical (unpaired) electrons. The third kappa shape index (κ3) is 5.84. The van der Waals surface area contributed by atoms with E-state index in [-0.39, 0.29) is 11.8 Å². The van der Waals surface area contributed by atoms with Crippen LogP contribution in [0.1, 0.15) is 44.6 Å². The number of nitrogens with zero attached hydrogens (tertiary/aromatic N) is 1. The van der Waals surface area contributed by atoms with Crippen LogP contribution in [-0.2, 0) is 11.3 Å². The Morgan fingerprint density at radius 1 is 1.38 bits per heavy atom. The summed E-state index contributed by atoms with van der Waals surface area (Å²) in [6, 6.07) is 4.01. The molecule has 0 saturated heterocycles. The van der Waals surface area contributed by atoms with Gasteiger partial charge in [-0.2, -0.15) is 0 Å². The van der Waals surface area contributed by atoms with E-state index in [1.807, 2.05) is 12.3 Å². The zero-order valence-corrected chi connectivity index (χ0v) is 13.0. The molecule has 2 atom stereocenters. The van der Waals surface area contributed by atoms with Crippen molar-refractivity contribution in [3.63, 3.8) is 0 Å². The number of rotatable bonds is 7. The highest BCUT2D eigenvalue weighted by molar-refractivity contribution is 5.78. The fourth-order valence-corrected chi connectivity index (χ4v) is 2.98. The summed E-state index contributed by atoms with van der Waals surface area (Å²) in [4.78, 5) is 16.1. The smallest absolute Gasteiger partial charge is 0.223 e. The monoisotopic (exact) mass is 289 g/mol. The second-order valence-electron chi connectivity index (χ2n) is 6.15. The third-order valence-corrected chi connectivity index (χ3v) is 4.19. The lowest BCUT2D eigenvalue weighted by Crippen LogP contribution is -2.34. The molecule has 1 aliphatic rings. The molecule has 1 aromatic heterocycles. The molecule has 0 aromatic carbocycles. The number of carbonyl (C=O) groups is 1. The molecule has 1 aliphatic carbocycles. The Bertz CT molecular complexity index is 421. The summed E-state index contributed by atoms with van der Waals surface area (Å²) >= 11 is 0. The highest BCUT2D eigenvalue weighted by atomic mass is 16.1. The summed E-state index contributed by atoms with van der Waals surface area (Å²) in [5.74, 6) is 1.21. The minimum atomic E-state index is 0.247. The maximum absolute atomic E-state index is 12.1. The predicted octanol–water partition coefficient (Wildman–Crippen LogP) is 2.50. The molecule has 1 fully saturated rings. The number of hydrogen-bond acceptors (Lipinski definition) is 3. The van der Waals surface area contributed by atoms with Gasteiger partial charge in [-0.15, -0.1) is 0 Å². The molecule has 2 rings (SSSR count). The van der Waals surface area contributed by atoms with E-state index in [2.05, 4.69) is 28.6 Å². The molecule has 0 aliphatic heterocycles. The summed E-state index contributed by atoms with van der Waals surface area (Å²) in [6.07, 6.45) is 9.23. The Labute approximate surface area is 127 Å². The van der Waals surface area contributed by atoms with Crippen molar-refractivity contribution in [3.8, 4) is 0 Å². The van der Waals surface area contributed by atoms with E-state index in [1.54, 1.807) is 6.20 Å². The number of amides is 1. The Balaban J connectivity index is 1.52. The van der Waals surface area contributed by atoms with Crippen molar-refractivity contribution in [2.75, 3.05) is 13.1 Å². The van der Waals surface area contributed by atoms with E-state index < -0.39 is 0 Å². The zero-order chi connectivity index (χ0) is 14.9. The van der Waals surface area contributed by atoms with Crippen LogP contribution in [-0.4, -0.2) is 24.0 Å². The summed E-state index contributed by atoms with van der Waals surface area (Å²) in [5.41, 5.74) is 1.19. The number of aromatic nitrogens is 1. The van der Waals surface area contributed by atoms with Crippen LogP contribution in [0.2, 0.25) is 0 Å². The van der Waals surface area contributed by atoms with Crippen molar-refractivity contribution in [2.45, 2.75) is 45.6 Å². The lowest BCUT2D eigenvalue weighted by molar-refractivity contribution is -0.126. The second-order valence-corrected chi connectivity index (χ2v) is 6.15. The standard InChI is InChI=1S/C17H27N3O/c1-14-5-2-7-16(11-14)17(21)20-10-4-9-19-13-15-6-3-8-18-12-15/h3,6,8,12,14,16,19H,2,4-5,7,9-11,13H2,1H3,(H,20,21)/t14-,16+/m1/s1. The fraction of sp³-hybridized carbons (Fsp3) is 0.647. The molecule has 4 nitrogen and oxygen atoms in total. The molecular weight excluding hydrogens is 262 g/mol. The fourth-order valence-electron chi connectivity index (χ4n) is 2.98. The van der Waals surface area contributed by atoms with Gasteiger partial charge in [-0.1, -0.05) is 25.8 Å². The molecule has 2 N–H and O–H groups in total. The first-order valence-electron chi connectivity index (χ1n) is 8.13. The summed E-state index contributed by atoms with van der Waals surface area (Å²) in [6.45, 7) is 4.77. The highest BCUT2D eigenvalue weighted by Gasteiger charge is 2.24. The molecule has 1 amide bonds. The van der Waals surface area contributed by atoms with Crippen LogP contribution >= 0.6 is 0 Å². The van der Waals surface area contributed by atoms with Gasteiger partial charge in [0, 0.05) is 31.4 Å². The van der Waals surface area contributed by atoms with Gasteiger partial charge in [0.15, 0.2) is 0 Å². The normalized spacial score (nSPS) is 22.0. The van der Waals surface area contributed by atoms with Crippen molar-refractivity contribution >= 4 is 5.91 Å². The van der Waals surface area contributed by atoms with E-state index in [1.165, 1.54) is 18.4 Å². The average molecular weight is 289 g/mol. The second kappa shape index (κ2) is 8.78. The molecular formula is C17H27N3O. The predicted molar refractivity (Wildman–Crippen MR) is 84.7 cm³/mol. The topological polar surface area (TPSA) is 54.0 Å². The first-order valence-corrected chi connectivity index (χ1v) is 8.13. The van der Waals surface area contributed by atoms with Crippen LogP contribution in [0.15, 0.2) is 24.5 Å². The molecule has 0 unspecified atom stereocenters. The first kappa shape index (κ1) is 16.0. The van der Waals surface area contributed by atoms with Gasteiger partial charge >= 0.3 is 0 Å². The quantitative estimate of drug-likeness (QED) is 0.758. The minimum Gasteiger partial charge on any atom is -0.356 e. The lowest BCUT2D eigenvalue weighted by atomic mass is 9.82. The van der Waals surface area contributed by atoms with Crippen molar-refractivity contribution in [3.05, 3.63) is 30.1 Å². The van der Waals surface area contributed by atoms with Crippen molar-refractivity contribution in [2.24, 2.45) is 11.8 Å². The van der Waals surface area contributed by atoms with E-state index in [4.69, 9.17) is 0 Å². The summed E-state index contributed by atoms with van der Waals surface area (Å²) in [7, 11) is 0. The van der Waals surface area contributed by atoms with Gasteiger partial charge < -0.3 is 10.6 Å². The van der Waals surface area contributed by atoms with Gasteiger partial charge in [-0.05, 0) is 43.4 Å². The van der Waals surface area contributed by atoms with E-state index in [0.717, 1.165) is 38.9 Å². The highest BCUT2D eigenvalue weighted by Crippen LogP contribution is 2.28. The molecule has 0 spiro atoms. The van der Waals surface area contributed by atoms with Crippen LogP contribution in [0.4, 0.5) is 0 Å². The van der Waals surface area contributed by atoms with Gasteiger partial charge in [-0.3, -0.25) is 9.78 Å². The molecule has 4 heteroatoms. The molecule has 1 saturated carbocycles. The number of carbonyl (C=O) groups excluding carboxylic acids is 1. The van der Waals surface area contributed by atoms with E-state index >= 15 is 0 Å². The van der Waals surface area contributed by atoms with Gasteiger partial charge in [-0.25, -0.2) is 0 Å². The number of nitrogens with one attached hydrogen (secondary N) is 2. The van der Waals surface area contributed by atoms with E-state index in [9.17, 15) is 4.79 Å². The molecule has 1 aromatic rings. The SMILES string of the molecule is C[C@@H]1CCC[C@H](C(=O)NCCCNCc2cccnc2)C1. The van der Waals surface area contributed by atoms with Crippen LogP contribution < -0.4 is 10.6 Å². The summed E-state index contributed by atoms with van der Waals surface area (Å²) in [5, 5.41) is 6.45.